The summed E-state index contributed by atoms with van der Waals surface area (Å²) in [7, 11) is 1.64. The fraction of sp³-hybridized carbons (Fsp3) is 0.200. The zero-order valence-corrected chi connectivity index (χ0v) is 12.4. The molecule has 0 heterocycles. The first kappa shape index (κ1) is 13.7. The first-order valence-corrected chi connectivity index (χ1v) is 6.79. The van der Waals surface area contributed by atoms with Crippen molar-refractivity contribution in [1.29, 1.82) is 0 Å². The smallest absolute Gasteiger partial charge is 0.142 e. The lowest BCUT2D eigenvalue weighted by atomic mass is 10.1. The Morgan fingerprint density at radius 3 is 2.63 bits per heavy atom. The molecule has 0 aliphatic rings. The zero-order chi connectivity index (χ0) is 13.8. The molecule has 0 spiro atoms. The summed E-state index contributed by atoms with van der Waals surface area (Å²) in [6, 6.07) is 13.1. The fourth-order valence-electron chi connectivity index (χ4n) is 1.96. The molecule has 2 aromatic carbocycles. The van der Waals surface area contributed by atoms with E-state index >= 15 is 0 Å². The highest BCUT2D eigenvalue weighted by atomic mass is 79.9. The average Bonchev–Trinajstić information content (AvgIpc) is 2.39. The van der Waals surface area contributed by atoms with Crippen LogP contribution in [0.4, 0.5) is 5.69 Å². The van der Waals surface area contributed by atoms with E-state index in [4.69, 9.17) is 4.74 Å². The number of anilines is 1. The molecule has 100 valence electrons. The molecule has 19 heavy (non-hydrogen) atoms. The zero-order valence-electron chi connectivity index (χ0n) is 10.9. The maximum Gasteiger partial charge on any atom is 0.142 e. The van der Waals surface area contributed by atoms with Crippen molar-refractivity contribution in [3.63, 3.8) is 0 Å². The Bertz CT molecular complexity index is 572. The molecule has 0 aromatic heterocycles. The number of phenols is 1. The molecular formula is C15H16BrNO2. The lowest BCUT2D eigenvalue weighted by Gasteiger charge is -2.19. The van der Waals surface area contributed by atoms with Gasteiger partial charge in [0.25, 0.3) is 0 Å². The number of nitrogens with one attached hydrogen (secondary N) is 1. The molecule has 4 heteroatoms. The van der Waals surface area contributed by atoms with Crippen molar-refractivity contribution in [2.75, 3.05) is 12.4 Å². The van der Waals surface area contributed by atoms with Gasteiger partial charge in [0.2, 0.25) is 0 Å². The van der Waals surface area contributed by atoms with Crippen LogP contribution in [0.3, 0.4) is 0 Å². The summed E-state index contributed by atoms with van der Waals surface area (Å²) in [5, 5.41) is 13.2. The highest BCUT2D eigenvalue weighted by Crippen LogP contribution is 2.32. The van der Waals surface area contributed by atoms with Crippen LogP contribution in [0, 0.1) is 0 Å². The molecule has 1 atom stereocenters. The number of hydrogen-bond acceptors (Lipinski definition) is 3. The van der Waals surface area contributed by atoms with Crippen molar-refractivity contribution in [3.8, 4) is 11.5 Å². The van der Waals surface area contributed by atoms with Crippen LogP contribution in [0.5, 0.6) is 11.5 Å². The predicted molar refractivity (Wildman–Crippen MR) is 80.8 cm³/mol. The molecule has 0 fully saturated rings. The number of rotatable bonds is 4. The molecule has 2 rings (SSSR count). The van der Waals surface area contributed by atoms with Crippen molar-refractivity contribution in [2.24, 2.45) is 0 Å². The Labute approximate surface area is 121 Å². The first-order valence-electron chi connectivity index (χ1n) is 6.00. The van der Waals surface area contributed by atoms with Gasteiger partial charge in [-0.25, -0.2) is 0 Å². The van der Waals surface area contributed by atoms with E-state index in [0.717, 1.165) is 21.5 Å². The molecule has 0 amide bonds. The standard InChI is InChI=1S/C15H16BrNO2/c1-10(12-5-3-4-6-14(12)18)17-13-9-11(16)7-8-15(13)19-2/h3-10,17-18H,1-2H3. The quantitative estimate of drug-likeness (QED) is 0.880. The number of phenolic OH excluding ortho intramolecular Hbond substituents is 1. The van der Waals surface area contributed by atoms with E-state index in [9.17, 15) is 5.11 Å². The Morgan fingerprint density at radius 1 is 1.21 bits per heavy atom. The van der Waals surface area contributed by atoms with Gasteiger partial charge in [-0.1, -0.05) is 34.1 Å². The number of hydrogen-bond donors (Lipinski definition) is 2. The number of methoxy groups -OCH3 is 1. The molecule has 2 aromatic rings. The first-order chi connectivity index (χ1) is 9.11. The molecule has 0 aliphatic carbocycles. The van der Waals surface area contributed by atoms with Crippen LogP contribution in [0.2, 0.25) is 0 Å². The molecule has 0 aliphatic heterocycles. The summed E-state index contributed by atoms with van der Waals surface area (Å²) >= 11 is 3.44. The van der Waals surface area contributed by atoms with Gasteiger partial charge in [0.1, 0.15) is 11.5 Å². The minimum atomic E-state index is -0.0237. The number of aromatic hydroxyl groups is 1. The van der Waals surface area contributed by atoms with Crippen molar-refractivity contribution in [3.05, 3.63) is 52.5 Å². The Balaban J connectivity index is 2.26. The average molecular weight is 322 g/mol. The van der Waals surface area contributed by atoms with Crippen LogP contribution in [-0.2, 0) is 0 Å². The minimum absolute atomic E-state index is 0.0237. The number of para-hydroxylation sites is 1. The van der Waals surface area contributed by atoms with Gasteiger partial charge < -0.3 is 15.2 Å². The van der Waals surface area contributed by atoms with Crippen molar-refractivity contribution < 1.29 is 9.84 Å². The maximum atomic E-state index is 9.86. The lowest BCUT2D eigenvalue weighted by Crippen LogP contribution is -2.07. The van der Waals surface area contributed by atoms with E-state index in [0.29, 0.717) is 0 Å². The van der Waals surface area contributed by atoms with E-state index in [1.165, 1.54) is 0 Å². The summed E-state index contributed by atoms with van der Waals surface area (Å²) in [5.41, 5.74) is 1.73. The third-order valence-electron chi connectivity index (χ3n) is 2.94. The van der Waals surface area contributed by atoms with Gasteiger partial charge in [-0.05, 0) is 31.2 Å². The van der Waals surface area contributed by atoms with Gasteiger partial charge in [0, 0.05) is 10.0 Å². The Morgan fingerprint density at radius 2 is 1.95 bits per heavy atom. The van der Waals surface area contributed by atoms with Gasteiger partial charge in [-0.3, -0.25) is 0 Å². The minimum Gasteiger partial charge on any atom is -0.508 e. The predicted octanol–water partition coefficient (Wildman–Crippen LogP) is 4.34. The van der Waals surface area contributed by atoms with E-state index in [1.54, 1.807) is 13.2 Å². The summed E-state index contributed by atoms with van der Waals surface area (Å²) in [6.07, 6.45) is 0. The normalized spacial score (nSPS) is 11.9. The van der Waals surface area contributed by atoms with Crippen molar-refractivity contribution in [1.82, 2.24) is 0 Å². The van der Waals surface area contributed by atoms with Gasteiger partial charge in [-0.15, -0.1) is 0 Å². The Kier molecular flexibility index (Phi) is 4.32. The monoisotopic (exact) mass is 321 g/mol. The molecule has 0 saturated heterocycles. The van der Waals surface area contributed by atoms with Gasteiger partial charge in [0.05, 0.1) is 18.8 Å². The fourth-order valence-corrected chi connectivity index (χ4v) is 2.32. The summed E-state index contributed by atoms with van der Waals surface area (Å²) in [4.78, 5) is 0. The number of halogens is 1. The molecule has 3 nitrogen and oxygen atoms in total. The van der Waals surface area contributed by atoms with E-state index < -0.39 is 0 Å². The van der Waals surface area contributed by atoms with E-state index in [2.05, 4.69) is 21.2 Å². The second-order valence-electron chi connectivity index (χ2n) is 4.27. The summed E-state index contributed by atoms with van der Waals surface area (Å²) in [6.45, 7) is 2.00. The van der Waals surface area contributed by atoms with Crippen molar-refractivity contribution >= 4 is 21.6 Å². The van der Waals surface area contributed by atoms with Gasteiger partial charge >= 0.3 is 0 Å². The molecule has 2 N–H and O–H groups in total. The summed E-state index contributed by atoms with van der Waals surface area (Å²) < 4.78 is 6.29. The molecule has 0 bridgehead atoms. The highest BCUT2D eigenvalue weighted by molar-refractivity contribution is 9.10. The molecule has 0 radical (unpaired) electrons. The molecule has 0 saturated carbocycles. The van der Waals surface area contributed by atoms with Gasteiger partial charge in [0.15, 0.2) is 0 Å². The van der Waals surface area contributed by atoms with Crippen LogP contribution >= 0.6 is 15.9 Å². The largest absolute Gasteiger partial charge is 0.508 e. The van der Waals surface area contributed by atoms with Crippen LogP contribution in [0.1, 0.15) is 18.5 Å². The summed E-state index contributed by atoms with van der Waals surface area (Å²) in [5.74, 6) is 1.06. The lowest BCUT2D eigenvalue weighted by molar-refractivity contribution is 0.416. The number of benzene rings is 2. The topological polar surface area (TPSA) is 41.5 Å². The maximum absolute atomic E-state index is 9.86. The third kappa shape index (κ3) is 3.20. The SMILES string of the molecule is COc1ccc(Br)cc1NC(C)c1ccccc1O. The van der Waals surface area contributed by atoms with Crippen LogP contribution < -0.4 is 10.1 Å². The second kappa shape index (κ2) is 5.97. The second-order valence-corrected chi connectivity index (χ2v) is 5.19. The van der Waals surface area contributed by atoms with Crippen LogP contribution in [0.15, 0.2) is 46.9 Å². The van der Waals surface area contributed by atoms with E-state index in [-0.39, 0.29) is 11.8 Å². The molecule has 1 unspecified atom stereocenters. The third-order valence-corrected chi connectivity index (χ3v) is 3.43. The highest BCUT2D eigenvalue weighted by Gasteiger charge is 2.12. The van der Waals surface area contributed by atoms with E-state index in [1.807, 2.05) is 43.3 Å². The van der Waals surface area contributed by atoms with Crippen LogP contribution in [-0.4, -0.2) is 12.2 Å². The van der Waals surface area contributed by atoms with Crippen LogP contribution in [0.25, 0.3) is 0 Å². The Hall–Kier alpha value is -1.68. The van der Waals surface area contributed by atoms with Crippen molar-refractivity contribution in [2.45, 2.75) is 13.0 Å². The molecular weight excluding hydrogens is 306 g/mol. The van der Waals surface area contributed by atoms with Gasteiger partial charge in [-0.2, -0.15) is 0 Å². The number of ether oxygens (including phenoxy) is 1.